The van der Waals surface area contributed by atoms with Crippen LogP contribution in [0.3, 0.4) is 0 Å². The molecule has 0 bridgehead atoms. The molecule has 0 heterocycles. The molecule has 3 unspecified atom stereocenters. The number of rotatable bonds is 4. The van der Waals surface area contributed by atoms with Crippen LogP contribution in [0.1, 0.15) is 52.9 Å². The summed E-state index contributed by atoms with van der Waals surface area (Å²) in [5, 5.41) is 9.65. The van der Waals surface area contributed by atoms with Gasteiger partial charge in [0.05, 0.1) is 0 Å². The predicted molar refractivity (Wildman–Crippen MR) is 64.6 cm³/mol. The third-order valence-corrected chi connectivity index (χ3v) is 3.76. The molecule has 2 nitrogen and oxygen atoms in total. The molecule has 0 aromatic rings. The van der Waals surface area contributed by atoms with Crippen LogP contribution in [0.25, 0.3) is 0 Å². The zero-order valence-electron chi connectivity index (χ0n) is 10.7. The third-order valence-electron chi connectivity index (χ3n) is 3.76. The Morgan fingerprint density at radius 2 is 1.80 bits per heavy atom. The van der Waals surface area contributed by atoms with Crippen LogP contribution >= 0.6 is 0 Å². The van der Waals surface area contributed by atoms with Crippen LogP contribution in [0.2, 0.25) is 0 Å². The van der Waals surface area contributed by atoms with Crippen LogP contribution in [0.4, 0.5) is 0 Å². The Morgan fingerprint density at radius 1 is 1.20 bits per heavy atom. The van der Waals surface area contributed by atoms with E-state index in [0.717, 1.165) is 11.8 Å². The van der Waals surface area contributed by atoms with Crippen molar-refractivity contribution in [2.24, 2.45) is 11.8 Å². The first-order valence-electron chi connectivity index (χ1n) is 6.42. The Hall–Kier alpha value is -0.0800. The van der Waals surface area contributed by atoms with Crippen LogP contribution in [-0.4, -0.2) is 29.3 Å². The SMILES string of the molecule is CC(C)CC1CCCCC1N(C)C(C)O. The third kappa shape index (κ3) is 3.76. The Bertz CT molecular complexity index is 179. The molecular weight excluding hydrogens is 186 g/mol. The topological polar surface area (TPSA) is 23.5 Å². The summed E-state index contributed by atoms with van der Waals surface area (Å²) in [7, 11) is 2.06. The molecule has 1 N–H and O–H groups in total. The van der Waals surface area contributed by atoms with Crippen molar-refractivity contribution in [1.29, 1.82) is 0 Å². The second-order valence-electron chi connectivity index (χ2n) is 5.54. The quantitative estimate of drug-likeness (QED) is 0.726. The first kappa shape index (κ1) is 13.0. The van der Waals surface area contributed by atoms with Gasteiger partial charge in [-0.25, -0.2) is 0 Å². The molecule has 0 radical (unpaired) electrons. The van der Waals surface area contributed by atoms with Gasteiger partial charge < -0.3 is 5.11 Å². The number of hydrogen-bond acceptors (Lipinski definition) is 2. The predicted octanol–water partition coefficient (Wildman–Crippen LogP) is 2.86. The van der Waals surface area contributed by atoms with Gasteiger partial charge in [-0.05, 0) is 45.1 Å². The van der Waals surface area contributed by atoms with E-state index in [-0.39, 0.29) is 6.23 Å². The van der Waals surface area contributed by atoms with E-state index in [4.69, 9.17) is 0 Å². The molecule has 15 heavy (non-hydrogen) atoms. The summed E-state index contributed by atoms with van der Waals surface area (Å²) < 4.78 is 0. The Morgan fingerprint density at radius 3 is 2.33 bits per heavy atom. The van der Waals surface area contributed by atoms with Crippen molar-refractivity contribution >= 4 is 0 Å². The van der Waals surface area contributed by atoms with Gasteiger partial charge in [0, 0.05) is 6.04 Å². The summed E-state index contributed by atoms with van der Waals surface area (Å²) in [5.74, 6) is 1.57. The lowest BCUT2D eigenvalue weighted by atomic mass is 9.79. The molecule has 0 aromatic carbocycles. The standard InChI is InChI=1S/C13H27NO/c1-10(2)9-12-7-5-6-8-13(12)14(4)11(3)15/h10-13,15H,5-9H2,1-4H3. The fraction of sp³-hybridized carbons (Fsp3) is 1.00. The monoisotopic (exact) mass is 213 g/mol. The van der Waals surface area contributed by atoms with Gasteiger partial charge in [0.2, 0.25) is 0 Å². The molecule has 1 fully saturated rings. The number of aliphatic hydroxyl groups is 1. The molecule has 0 saturated heterocycles. The van der Waals surface area contributed by atoms with E-state index in [1.54, 1.807) is 0 Å². The second-order valence-corrected chi connectivity index (χ2v) is 5.54. The van der Waals surface area contributed by atoms with Crippen LogP contribution in [0.15, 0.2) is 0 Å². The van der Waals surface area contributed by atoms with Crippen LogP contribution in [-0.2, 0) is 0 Å². The van der Waals surface area contributed by atoms with E-state index in [2.05, 4.69) is 25.8 Å². The average Bonchev–Trinajstić information content (AvgIpc) is 2.16. The zero-order chi connectivity index (χ0) is 11.4. The summed E-state index contributed by atoms with van der Waals surface area (Å²) in [6.45, 7) is 6.48. The van der Waals surface area contributed by atoms with Crippen molar-refractivity contribution in [3.05, 3.63) is 0 Å². The van der Waals surface area contributed by atoms with Crippen molar-refractivity contribution < 1.29 is 5.11 Å². The minimum absolute atomic E-state index is 0.303. The summed E-state index contributed by atoms with van der Waals surface area (Å²) in [4.78, 5) is 2.16. The highest BCUT2D eigenvalue weighted by Gasteiger charge is 2.30. The minimum atomic E-state index is -0.303. The van der Waals surface area contributed by atoms with E-state index in [9.17, 15) is 5.11 Å². The number of hydrogen-bond donors (Lipinski definition) is 1. The molecule has 3 atom stereocenters. The van der Waals surface area contributed by atoms with Gasteiger partial charge in [-0.1, -0.05) is 26.7 Å². The molecule has 1 rings (SSSR count). The Balaban J connectivity index is 2.56. The van der Waals surface area contributed by atoms with Crippen molar-refractivity contribution in [2.75, 3.05) is 7.05 Å². The largest absolute Gasteiger partial charge is 0.379 e. The summed E-state index contributed by atoms with van der Waals surface area (Å²) in [6.07, 6.45) is 6.32. The summed E-state index contributed by atoms with van der Waals surface area (Å²) in [5.41, 5.74) is 0. The molecule has 1 aliphatic carbocycles. The van der Waals surface area contributed by atoms with E-state index < -0.39 is 0 Å². The van der Waals surface area contributed by atoms with Crippen LogP contribution in [0, 0.1) is 11.8 Å². The van der Waals surface area contributed by atoms with Gasteiger partial charge in [0.1, 0.15) is 6.23 Å². The lowest BCUT2D eigenvalue weighted by Gasteiger charge is -2.40. The maximum atomic E-state index is 9.65. The van der Waals surface area contributed by atoms with E-state index in [1.165, 1.54) is 32.1 Å². The normalized spacial score (nSPS) is 29.8. The maximum Gasteiger partial charge on any atom is 0.104 e. The molecule has 0 aromatic heterocycles. The van der Waals surface area contributed by atoms with E-state index >= 15 is 0 Å². The highest BCUT2D eigenvalue weighted by atomic mass is 16.3. The molecule has 2 heteroatoms. The smallest absolute Gasteiger partial charge is 0.104 e. The highest BCUT2D eigenvalue weighted by molar-refractivity contribution is 4.82. The summed E-state index contributed by atoms with van der Waals surface area (Å²) in [6, 6.07) is 0.598. The van der Waals surface area contributed by atoms with Gasteiger partial charge in [-0.2, -0.15) is 0 Å². The maximum absolute atomic E-state index is 9.65. The van der Waals surface area contributed by atoms with Crippen LogP contribution in [0.5, 0.6) is 0 Å². The van der Waals surface area contributed by atoms with Gasteiger partial charge in [0.25, 0.3) is 0 Å². The molecule has 1 saturated carbocycles. The summed E-state index contributed by atoms with van der Waals surface area (Å²) >= 11 is 0. The molecule has 90 valence electrons. The fourth-order valence-corrected chi connectivity index (χ4v) is 2.88. The molecular formula is C13H27NO. The lowest BCUT2D eigenvalue weighted by Crippen LogP contribution is -2.45. The fourth-order valence-electron chi connectivity index (χ4n) is 2.88. The molecule has 1 aliphatic rings. The Labute approximate surface area is 94.7 Å². The molecule has 0 spiro atoms. The number of nitrogens with zero attached hydrogens (tertiary/aromatic N) is 1. The zero-order valence-corrected chi connectivity index (χ0v) is 10.7. The van der Waals surface area contributed by atoms with Gasteiger partial charge in [-0.3, -0.25) is 4.90 Å². The average molecular weight is 213 g/mol. The second kappa shape index (κ2) is 5.86. The first-order valence-corrected chi connectivity index (χ1v) is 6.42. The molecule has 0 aliphatic heterocycles. The van der Waals surface area contributed by atoms with Gasteiger partial charge >= 0.3 is 0 Å². The van der Waals surface area contributed by atoms with Gasteiger partial charge in [-0.15, -0.1) is 0 Å². The van der Waals surface area contributed by atoms with Crippen molar-refractivity contribution in [3.8, 4) is 0 Å². The Kier molecular flexibility index (Phi) is 5.07. The highest BCUT2D eigenvalue weighted by Crippen LogP contribution is 2.32. The molecule has 0 amide bonds. The van der Waals surface area contributed by atoms with Crippen molar-refractivity contribution in [3.63, 3.8) is 0 Å². The van der Waals surface area contributed by atoms with E-state index in [1.807, 2.05) is 6.92 Å². The van der Waals surface area contributed by atoms with E-state index in [0.29, 0.717) is 6.04 Å². The van der Waals surface area contributed by atoms with Gasteiger partial charge in [0.15, 0.2) is 0 Å². The van der Waals surface area contributed by atoms with Crippen molar-refractivity contribution in [2.45, 2.75) is 65.1 Å². The first-order chi connectivity index (χ1) is 7.02. The lowest BCUT2D eigenvalue weighted by molar-refractivity contribution is -0.0244. The van der Waals surface area contributed by atoms with Crippen LogP contribution < -0.4 is 0 Å². The number of aliphatic hydroxyl groups excluding tert-OH is 1. The van der Waals surface area contributed by atoms with Crippen molar-refractivity contribution in [1.82, 2.24) is 4.90 Å². The minimum Gasteiger partial charge on any atom is -0.379 e.